The van der Waals surface area contributed by atoms with E-state index in [9.17, 15) is 0 Å². The molecule has 1 heterocycles. The fourth-order valence-corrected chi connectivity index (χ4v) is 2.26. The molecule has 0 aliphatic carbocycles. The zero-order valence-corrected chi connectivity index (χ0v) is 12.8. The van der Waals surface area contributed by atoms with Crippen molar-refractivity contribution in [1.82, 2.24) is 4.98 Å². The van der Waals surface area contributed by atoms with E-state index in [-0.39, 0.29) is 0 Å². The van der Waals surface area contributed by atoms with Gasteiger partial charge in [0.25, 0.3) is 0 Å². The van der Waals surface area contributed by atoms with Crippen LogP contribution >= 0.6 is 15.9 Å². The van der Waals surface area contributed by atoms with Crippen molar-refractivity contribution in [2.75, 3.05) is 7.11 Å². The van der Waals surface area contributed by atoms with Gasteiger partial charge in [0.1, 0.15) is 0 Å². The van der Waals surface area contributed by atoms with Crippen LogP contribution in [0.15, 0.2) is 34.9 Å². The molecule has 4 heteroatoms. The molecule has 0 amide bonds. The fourth-order valence-electron chi connectivity index (χ4n) is 1.72. The summed E-state index contributed by atoms with van der Waals surface area (Å²) >= 11 is 3.45. The molecule has 2 aromatic rings. The number of benzene rings is 1. The van der Waals surface area contributed by atoms with Crippen LogP contribution in [0.25, 0.3) is 0 Å². The number of halogens is 1. The Morgan fingerprint density at radius 3 is 2.63 bits per heavy atom. The molecule has 1 aromatic heterocycles. The van der Waals surface area contributed by atoms with E-state index in [1.807, 2.05) is 31.2 Å². The van der Waals surface area contributed by atoms with Gasteiger partial charge in [-0.2, -0.15) is 0 Å². The summed E-state index contributed by atoms with van der Waals surface area (Å²) in [5.74, 6) is 1.92. The molecule has 0 radical (unpaired) electrons. The third-order valence-corrected chi connectivity index (χ3v) is 3.36. The highest BCUT2D eigenvalue weighted by atomic mass is 79.9. The normalized spacial score (nSPS) is 10.3. The number of methoxy groups -OCH3 is 1. The third-order valence-electron chi connectivity index (χ3n) is 2.79. The van der Waals surface area contributed by atoms with E-state index in [0.717, 1.165) is 16.5 Å². The van der Waals surface area contributed by atoms with Crippen molar-refractivity contribution in [3.8, 4) is 17.4 Å². The van der Waals surface area contributed by atoms with E-state index in [1.165, 1.54) is 5.56 Å². The number of hydrogen-bond acceptors (Lipinski definition) is 3. The lowest BCUT2D eigenvalue weighted by molar-refractivity contribution is 0.373. The lowest BCUT2D eigenvalue weighted by Gasteiger charge is -2.12. The van der Waals surface area contributed by atoms with Gasteiger partial charge in [-0.3, -0.25) is 0 Å². The van der Waals surface area contributed by atoms with Crippen LogP contribution in [0, 0.1) is 6.92 Å². The lowest BCUT2D eigenvalue weighted by atomic mass is 10.1. The molecule has 0 fully saturated rings. The molecule has 0 unspecified atom stereocenters. The molecule has 0 aliphatic rings. The predicted octanol–water partition coefficient (Wildman–Crippen LogP) is 4.52. The van der Waals surface area contributed by atoms with Crippen molar-refractivity contribution in [3.05, 3.63) is 46.1 Å². The summed E-state index contributed by atoms with van der Waals surface area (Å²) in [5.41, 5.74) is 2.28. The van der Waals surface area contributed by atoms with Gasteiger partial charge in [0, 0.05) is 6.20 Å². The monoisotopic (exact) mass is 321 g/mol. The van der Waals surface area contributed by atoms with E-state index in [0.29, 0.717) is 17.4 Å². The molecule has 0 aliphatic heterocycles. The number of pyridine rings is 1. The SMILES string of the molecule is CCc1ccc(Oc2ncc(C)cc2Br)c(OC)c1. The van der Waals surface area contributed by atoms with E-state index in [4.69, 9.17) is 9.47 Å². The third kappa shape index (κ3) is 3.26. The number of ether oxygens (including phenoxy) is 2. The summed E-state index contributed by atoms with van der Waals surface area (Å²) in [7, 11) is 1.64. The van der Waals surface area contributed by atoms with E-state index >= 15 is 0 Å². The minimum absolute atomic E-state index is 0.535. The summed E-state index contributed by atoms with van der Waals surface area (Å²) in [6.45, 7) is 4.09. The van der Waals surface area contributed by atoms with E-state index in [1.54, 1.807) is 13.3 Å². The fraction of sp³-hybridized carbons (Fsp3) is 0.267. The Hall–Kier alpha value is -1.55. The number of aryl methyl sites for hydroxylation is 2. The molecular formula is C15H16BrNO2. The Morgan fingerprint density at radius 2 is 2.00 bits per heavy atom. The van der Waals surface area contributed by atoms with Crippen LogP contribution in [0.5, 0.6) is 17.4 Å². The molecule has 0 saturated carbocycles. The molecule has 19 heavy (non-hydrogen) atoms. The minimum atomic E-state index is 0.535. The Kier molecular flexibility index (Phi) is 4.43. The van der Waals surface area contributed by atoms with Crippen molar-refractivity contribution < 1.29 is 9.47 Å². The molecule has 0 N–H and O–H groups in total. The highest BCUT2D eigenvalue weighted by Crippen LogP contribution is 2.34. The molecular weight excluding hydrogens is 306 g/mol. The first-order valence-corrected chi connectivity index (χ1v) is 6.90. The molecule has 1 aromatic carbocycles. The van der Waals surface area contributed by atoms with E-state index in [2.05, 4.69) is 27.8 Å². The first kappa shape index (κ1) is 13.9. The summed E-state index contributed by atoms with van der Waals surface area (Å²) < 4.78 is 12.0. The minimum Gasteiger partial charge on any atom is -0.493 e. The van der Waals surface area contributed by atoms with Crippen molar-refractivity contribution in [1.29, 1.82) is 0 Å². The van der Waals surface area contributed by atoms with Gasteiger partial charge in [0.15, 0.2) is 11.5 Å². The maximum absolute atomic E-state index is 5.80. The number of hydrogen-bond donors (Lipinski definition) is 0. The van der Waals surface area contributed by atoms with Crippen LogP contribution in [0.2, 0.25) is 0 Å². The molecule has 100 valence electrons. The van der Waals surface area contributed by atoms with Gasteiger partial charge in [-0.1, -0.05) is 13.0 Å². The first-order chi connectivity index (χ1) is 9.13. The summed E-state index contributed by atoms with van der Waals surface area (Å²) in [4.78, 5) is 4.27. The van der Waals surface area contributed by atoms with Crippen LogP contribution in [0.3, 0.4) is 0 Å². The average Bonchev–Trinajstić information content (AvgIpc) is 2.42. The number of nitrogens with zero attached hydrogens (tertiary/aromatic N) is 1. The van der Waals surface area contributed by atoms with Gasteiger partial charge in [-0.05, 0) is 58.6 Å². The van der Waals surface area contributed by atoms with Gasteiger partial charge in [-0.25, -0.2) is 4.98 Å². The molecule has 0 spiro atoms. The Bertz CT molecular complexity index is 584. The van der Waals surface area contributed by atoms with Crippen LogP contribution in [0.1, 0.15) is 18.1 Å². The molecule has 0 saturated heterocycles. The van der Waals surface area contributed by atoms with Crippen LogP contribution in [-0.4, -0.2) is 12.1 Å². The highest BCUT2D eigenvalue weighted by molar-refractivity contribution is 9.10. The molecule has 2 rings (SSSR count). The van der Waals surface area contributed by atoms with Crippen LogP contribution in [-0.2, 0) is 6.42 Å². The first-order valence-electron chi connectivity index (χ1n) is 6.11. The van der Waals surface area contributed by atoms with Gasteiger partial charge in [0.2, 0.25) is 5.88 Å². The average molecular weight is 322 g/mol. The standard InChI is InChI=1S/C15H16BrNO2/c1-4-11-5-6-13(14(8-11)18-3)19-15-12(16)7-10(2)9-17-15/h5-9H,4H2,1-3H3. The Labute approximate surface area is 121 Å². The second kappa shape index (κ2) is 6.06. The second-order valence-electron chi connectivity index (χ2n) is 4.24. The topological polar surface area (TPSA) is 31.4 Å². The van der Waals surface area contributed by atoms with Gasteiger partial charge in [0.05, 0.1) is 11.6 Å². The Balaban J connectivity index is 2.32. The molecule has 3 nitrogen and oxygen atoms in total. The maximum atomic E-state index is 5.80. The number of aromatic nitrogens is 1. The maximum Gasteiger partial charge on any atom is 0.233 e. The van der Waals surface area contributed by atoms with Crippen LogP contribution < -0.4 is 9.47 Å². The second-order valence-corrected chi connectivity index (χ2v) is 5.09. The smallest absolute Gasteiger partial charge is 0.233 e. The number of rotatable bonds is 4. The van der Waals surface area contributed by atoms with Crippen molar-refractivity contribution in [2.24, 2.45) is 0 Å². The summed E-state index contributed by atoms with van der Waals surface area (Å²) in [5, 5.41) is 0. The lowest BCUT2D eigenvalue weighted by Crippen LogP contribution is -1.94. The van der Waals surface area contributed by atoms with Gasteiger partial charge < -0.3 is 9.47 Å². The van der Waals surface area contributed by atoms with Crippen molar-refractivity contribution in [2.45, 2.75) is 20.3 Å². The summed E-state index contributed by atoms with van der Waals surface area (Å²) in [6.07, 6.45) is 2.73. The van der Waals surface area contributed by atoms with Crippen molar-refractivity contribution in [3.63, 3.8) is 0 Å². The van der Waals surface area contributed by atoms with E-state index < -0.39 is 0 Å². The van der Waals surface area contributed by atoms with Gasteiger partial charge in [-0.15, -0.1) is 0 Å². The Morgan fingerprint density at radius 1 is 1.21 bits per heavy atom. The quantitative estimate of drug-likeness (QED) is 0.829. The summed E-state index contributed by atoms with van der Waals surface area (Å²) in [6, 6.07) is 7.89. The largest absolute Gasteiger partial charge is 0.493 e. The zero-order valence-electron chi connectivity index (χ0n) is 11.2. The molecule has 0 atom stereocenters. The van der Waals surface area contributed by atoms with Crippen LogP contribution in [0.4, 0.5) is 0 Å². The highest BCUT2D eigenvalue weighted by Gasteiger charge is 2.10. The molecule has 0 bridgehead atoms. The predicted molar refractivity (Wildman–Crippen MR) is 79.1 cm³/mol. The zero-order chi connectivity index (χ0) is 13.8. The van der Waals surface area contributed by atoms with Crippen molar-refractivity contribution >= 4 is 15.9 Å². The van der Waals surface area contributed by atoms with Gasteiger partial charge >= 0.3 is 0 Å².